The number of carbonyl (C=O) groups excluding carboxylic acids is 1. The van der Waals surface area contributed by atoms with Crippen molar-refractivity contribution in [3.05, 3.63) is 48.0 Å². The molecule has 3 N–H and O–H groups in total. The molecule has 1 aliphatic rings. The molecule has 108 valence electrons. The Balaban J connectivity index is 1.81. The van der Waals surface area contributed by atoms with Gasteiger partial charge in [0.25, 0.3) is 0 Å². The van der Waals surface area contributed by atoms with Crippen LogP contribution in [0.2, 0.25) is 0 Å². The highest BCUT2D eigenvalue weighted by molar-refractivity contribution is 5.74. The van der Waals surface area contributed by atoms with Gasteiger partial charge in [0.05, 0.1) is 0 Å². The largest absolute Gasteiger partial charge is 0.396 e. The van der Waals surface area contributed by atoms with Crippen molar-refractivity contribution in [3.8, 4) is 0 Å². The summed E-state index contributed by atoms with van der Waals surface area (Å²) in [5.74, 6) is 0.147. The van der Waals surface area contributed by atoms with Gasteiger partial charge in [-0.25, -0.2) is 4.79 Å². The van der Waals surface area contributed by atoms with E-state index in [1.807, 2.05) is 30.3 Å². The van der Waals surface area contributed by atoms with Crippen molar-refractivity contribution in [1.82, 2.24) is 10.6 Å². The summed E-state index contributed by atoms with van der Waals surface area (Å²) in [6.07, 6.45) is 6.64. The molecule has 0 saturated heterocycles. The van der Waals surface area contributed by atoms with E-state index in [1.54, 1.807) is 0 Å². The van der Waals surface area contributed by atoms with E-state index in [0.717, 1.165) is 18.4 Å². The number of hydrogen-bond donors (Lipinski definition) is 3. The Kier molecular flexibility index (Phi) is 5.62. The molecule has 1 aromatic carbocycles. The van der Waals surface area contributed by atoms with Crippen LogP contribution in [0.5, 0.6) is 0 Å². The molecule has 0 heterocycles. The third-order valence-electron chi connectivity index (χ3n) is 3.60. The zero-order chi connectivity index (χ0) is 14.2. The molecule has 0 fully saturated rings. The molecule has 1 aromatic rings. The highest BCUT2D eigenvalue weighted by Gasteiger charge is 2.15. The normalized spacial score (nSPS) is 16.1. The lowest BCUT2D eigenvalue weighted by atomic mass is 9.96. The van der Waals surface area contributed by atoms with Gasteiger partial charge in [0.2, 0.25) is 0 Å². The molecule has 1 aliphatic carbocycles. The summed E-state index contributed by atoms with van der Waals surface area (Å²) in [7, 11) is 0. The summed E-state index contributed by atoms with van der Waals surface area (Å²) in [4.78, 5) is 11.8. The quantitative estimate of drug-likeness (QED) is 0.696. The number of amides is 2. The van der Waals surface area contributed by atoms with Crippen molar-refractivity contribution in [3.63, 3.8) is 0 Å². The molecule has 4 heteroatoms. The first-order chi connectivity index (χ1) is 9.79. The molecule has 0 radical (unpaired) electrons. The number of nitrogens with one attached hydrogen (secondary N) is 2. The summed E-state index contributed by atoms with van der Waals surface area (Å²) >= 11 is 0. The predicted octanol–water partition coefficient (Wildman–Crippen LogP) is 2.17. The molecule has 0 bridgehead atoms. The number of aliphatic hydroxyl groups is 1. The fourth-order valence-electron chi connectivity index (χ4n) is 2.46. The van der Waals surface area contributed by atoms with Gasteiger partial charge in [-0.05, 0) is 24.8 Å². The van der Waals surface area contributed by atoms with E-state index >= 15 is 0 Å². The second-order valence-corrected chi connectivity index (χ2v) is 5.11. The lowest BCUT2D eigenvalue weighted by Gasteiger charge is -2.19. The van der Waals surface area contributed by atoms with Gasteiger partial charge >= 0.3 is 6.03 Å². The highest BCUT2D eigenvalue weighted by atomic mass is 16.3. The molecular weight excluding hydrogens is 252 g/mol. The summed E-state index contributed by atoms with van der Waals surface area (Å²) in [5, 5.41) is 15.0. The third-order valence-corrected chi connectivity index (χ3v) is 3.60. The van der Waals surface area contributed by atoms with Crippen LogP contribution < -0.4 is 10.6 Å². The average molecular weight is 274 g/mol. The van der Waals surface area contributed by atoms with Gasteiger partial charge in [0.15, 0.2) is 0 Å². The van der Waals surface area contributed by atoms with Crippen LogP contribution >= 0.6 is 0 Å². The first-order valence-corrected chi connectivity index (χ1v) is 7.14. The Morgan fingerprint density at radius 2 is 1.95 bits per heavy atom. The van der Waals surface area contributed by atoms with Gasteiger partial charge in [0, 0.05) is 25.1 Å². The molecule has 2 rings (SSSR count). The zero-order valence-electron chi connectivity index (χ0n) is 11.6. The Morgan fingerprint density at radius 1 is 1.25 bits per heavy atom. The number of rotatable bonds is 6. The van der Waals surface area contributed by atoms with E-state index < -0.39 is 0 Å². The van der Waals surface area contributed by atoms with Crippen molar-refractivity contribution in [1.29, 1.82) is 0 Å². The topological polar surface area (TPSA) is 61.4 Å². The number of hydrogen-bond acceptors (Lipinski definition) is 2. The number of carbonyl (C=O) groups is 1. The van der Waals surface area contributed by atoms with E-state index in [-0.39, 0.29) is 24.6 Å². The lowest BCUT2D eigenvalue weighted by Crippen LogP contribution is -2.42. The zero-order valence-corrected chi connectivity index (χ0v) is 11.6. The Bertz CT molecular complexity index is 437. The molecule has 0 aromatic heterocycles. The van der Waals surface area contributed by atoms with Crippen LogP contribution in [0.15, 0.2) is 42.5 Å². The van der Waals surface area contributed by atoms with Gasteiger partial charge in [0.1, 0.15) is 0 Å². The van der Waals surface area contributed by atoms with E-state index in [9.17, 15) is 4.79 Å². The van der Waals surface area contributed by atoms with Gasteiger partial charge in [-0.1, -0.05) is 42.5 Å². The van der Waals surface area contributed by atoms with Crippen LogP contribution in [0.4, 0.5) is 4.79 Å². The van der Waals surface area contributed by atoms with Crippen molar-refractivity contribution in [2.45, 2.75) is 31.2 Å². The Morgan fingerprint density at radius 3 is 2.60 bits per heavy atom. The van der Waals surface area contributed by atoms with Gasteiger partial charge in [-0.3, -0.25) is 0 Å². The van der Waals surface area contributed by atoms with Crippen molar-refractivity contribution in [2.75, 3.05) is 13.2 Å². The van der Waals surface area contributed by atoms with Crippen LogP contribution in [0, 0.1) is 0 Å². The fourth-order valence-corrected chi connectivity index (χ4v) is 2.46. The van der Waals surface area contributed by atoms with Crippen molar-refractivity contribution >= 4 is 6.03 Å². The van der Waals surface area contributed by atoms with E-state index in [0.29, 0.717) is 13.0 Å². The number of aliphatic hydroxyl groups excluding tert-OH is 1. The van der Waals surface area contributed by atoms with Gasteiger partial charge < -0.3 is 15.7 Å². The lowest BCUT2D eigenvalue weighted by molar-refractivity contribution is 0.234. The van der Waals surface area contributed by atoms with Crippen LogP contribution in [0.1, 0.15) is 30.7 Å². The first kappa shape index (κ1) is 14.6. The van der Waals surface area contributed by atoms with Crippen molar-refractivity contribution in [2.24, 2.45) is 0 Å². The molecule has 2 amide bonds. The maximum atomic E-state index is 11.8. The summed E-state index contributed by atoms with van der Waals surface area (Å²) in [6, 6.07) is 10.1. The highest BCUT2D eigenvalue weighted by Crippen LogP contribution is 2.18. The van der Waals surface area contributed by atoms with Gasteiger partial charge in [-0.2, -0.15) is 0 Å². The molecule has 0 saturated carbocycles. The second kappa shape index (κ2) is 7.70. The Hall–Kier alpha value is -1.81. The summed E-state index contributed by atoms with van der Waals surface area (Å²) in [6.45, 7) is 0.659. The molecular formula is C16H22N2O2. The van der Waals surface area contributed by atoms with Gasteiger partial charge in [-0.15, -0.1) is 0 Å². The Labute approximate surface area is 119 Å². The van der Waals surface area contributed by atoms with E-state index in [1.165, 1.54) is 0 Å². The molecule has 1 unspecified atom stereocenters. The fraction of sp³-hybridized carbons (Fsp3) is 0.438. The minimum Gasteiger partial charge on any atom is -0.396 e. The standard InChI is InChI=1S/C16H22N2O2/c19-11-10-14(13-6-2-1-3-7-13)12-17-16(20)18-15-8-4-5-9-15/h1-7,14-15,19H,8-12H2,(H2,17,18,20). The van der Waals surface area contributed by atoms with E-state index in [2.05, 4.69) is 22.8 Å². The average Bonchev–Trinajstić information content (AvgIpc) is 2.97. The SMILES string of the molecule is O=C(NCC(CCO)c1ccccc1)NC1CC=CC1. The summed E-state index contributed by atoms with van der Waals surface area (Å²) < 4.78 is 0. The molecule has 0 aliphatic heterocycles. The molecule has 4 nitrogen and oxygen atoms in total. The second-order valence-electron chi connectivity index (χ2n) is 5.11. The molecule has 0 spiro atoms. The summed E-state index contributed by atoms with van der Waals surface area (Å²) in [5.41, 5.74) is 1.14. The van der Waals surface area contributed by atoms with Crippen LogP contribution in [-0.4, -0.2) is 30.3 Å². The number of urea groups is 1. The van der Waals surface area contributed by atoms with E-state index in [4.69, 9.17) is 5.11 Å². The maximum Gasteiger partial charge on any atom is 0.315 e. The molecule has 1 atom stereocenters. The minimum atomic E-state index is -0.127. The molecule has 20 heavy (non-hydrogen) atoms. The number of benzene rings is 1. The van der Waals surface area contributed by atoms with Crippen LogP contribution in [0.25, 0.3) is 0 Å². The maximum absolute atomic E-state index is 11.8. The minimum absolute atomic E-state index is 0.120. The third kappa shape index (κ3) is 4.38. The van der Waals surface area contributed by atoms with Crippen LogP contribution in [-0.2, 0) is 0 Å². The monoisotopic (exact) mass is 274 g/mol. The van der Waals surface area contributed by atoms with Crippen LogP contribution in [0.3, 0.4) is 0 Å². The smallest absolute Gasteiger partial charge is 0.315 e. The van der Waals surface area contributed by atoms with Crippen molar-refractivity contribution < 1.29 is 9.90 Å². The first-order valence-electron chi connectivity index (χ1n) is 7.14. The predicted molar refractivity (Wildman–Crippen MR) is 79.6 cm³/mol.